The minimum absolute atomic E-state index is 0.0499. The first-order valence-electron chi connectivity index (χ1n) is 5.33. The highest BCUT2D eigenvalue weighted by Gasteiger charge is 2.29. The van der Waals surface area contributed by atoms with E-state index in [1.807, 2.05) is 6.07 Å². The molecule has 1 aliphatic heterocycles. The topological polar surface area (TPSA) is 56.1 Å². The number of halogens is 1. The second-order valence-electron chi connectivity index (χ2n) is 4.02. The quantitative estimate of drug-likeness (QED) is 0.870. The second-order valence-corrected chi connectivity index (χ2v) is 4.43. The van der Waals surface area contributed by atoms with Crippen LogP contribution in [-0.2, 0) is 4.79 Å². The lowest BCUT2D eigenvalue weighted by Crippen LogP contribution is -2.31. The van der Waals surface area contributed by atoms with E-state index < -0.39 is 0 Å². The summed E-state index contributed by atoms with van der Waals surface area (Å²) in [6, 6.07) is 6.96. The SMILES string of the molecule is CN1CCC(Nc2cccc(Cl)c2C#N)C1=O. The van der Waals surface area contributed by atoms with Gasteiger partial charge in [0, 0.05) is 13.6 Å². The predicted molar refractivity (Wildman–Crippen MR) is 65.8 cm³/mol. The van der Waals surface area contributed by atoms with Crippen molar-refractivity contribution in [1.82, 2.24) is 4.90 Å². The molecule has 0 saturated carbocycles. The smallest absolute Gasteiger partial charge is 0.244 e. The van der Waals surface area contributed by atoms with Crippen molar-refractivity contribution in [3.63, 3.8) is 0 Å². The van der Waals surface area contributed by atoms with Crippen LogP contribution in [0.2, 0.25) is 5.02 Å². The highest BCUT2D eigenvalue weighted by Crippen LogP contribution is 2.25. The summed E-state index contributed by atoms with van der Waals surface area (Å²) in [6.07, 6.45) is 0.743. The number of anilines is 1. The molecular formula is C12H12ClN3O. The van der Waals surface area contributed by atoms with Crippen LogP contribution >= 0.6 is 11.6 Å². The minimum atomic E-state index is -0.259. The molecule has 0 bridgehead atoms. The van der Waals surface area contributed by atoms with Crippen LogP contribution in [0.25, 0.3) is 0 Å². The van der Waals surface area contributed by atoms with E-state index in [9.17, 15) is 4.79 Å². The van der Waals surface area contributed by atoms with Crippen molar-refractivity contribution in [2.75, 3.05) is 18.9 Å². The maximum absolute atomic E-state index is 11.7. The molecule has 0 radical (unpaired) electrons. The molecule has 1 aliphatic rings. The van der Waals surface area contributed by atoms with Gasteiger partial charge in [0.05, 0.1) is 16.3 Å². The normalized spacial score (nSPS) is 19.2. The lowest BCUT2D eigenvalue weighted by molar-refractivity contribution is -0.127. The van der Waals surface area contributed by atoms with Crippen LogP contribution in [0, 0.1) is 11.3 Å². The Balaban J connectivity index is 2.23. The van der Waals surface area contributed by atoms with Crippen molar-refractivity contribution in [1.29, 1.82) is 5.26 Å². The molecule has 1 aromatic carbocycles. The first-order chi connectivity index (χ1) is 8.13. The molecule has 0 aromatic heterocycles. The molecule has 1 unspecified atom stereocenters. The summed E-state index contributed by atoms with van der Waals surface area (Å²) < 4.78 is 0. The summed E-state index contributed by atoms with van der Waals surface area (Å²) >= 11 is 5.92. The van der Waals surface area contributed by atoms with Gasteiger partial charge in [-0.05, 0) is 18.6 Å². The fourth-order valence-electron chi connectivity index (χ4n) is 1.90. The molecule has 17 heavy (non-hydrogen) atoms. The van der Waals surface area contributed by atoms with Gasteiger partial charge >= 0.3 is 0 Å². The zero-order valence-electron chi connectivity index (χ0n) is 9.40. The molecule has 1 aromatic rings. The van der Waals surface area contributed by atoms with Gasteiger partial charge in [-0.25, -0.2) is 0 Å². The van der Waals surface area contributed by atoms with Gasteiger partial charge in [0.2, 0.25) is 5.91 Å². The van der Waals surface area contributed by atoms with Crippen molar-refractivity contribution in [3.8, 4) is 6.07 Å². The number of hydrogen-bond acceptors (Lipinski definition) is 3. The molecule has 5 heteroatoms. The van der Waals surface area contributed by atoms with Gasteiger partial charge in [0.25, 0.3) is 0 Å². The van der Waals surface area contributed by atoms with Gasteiger partial charge in [0.15, 0.2) is 0 Å². The van der Waals surface area contributed by atoms with Gasteiger partial charge < -0.3 is 10.2 Å². The molecule has 1 saturated heterocycles. The Labute approximate surface area is 105 Å². The number of nitrogens with zero attached hydrogens (tertiary/aromatic N) is 2. The number of hydrogen-bond donors (Lipinski definition) is 1. The number of nitriles is 1. The lowest BCUT2D eigenvalue weighted by atomic mass is 10.1. The molecule has 0 spiro atoms. The molecule has 88 valence electrons. The van der Waals surface area contributed by atoms with E-state index in [0.717, 1.165) is 13.0 Å². The van der Waals surface area contributed by atoms with Crippen LogP contribution in [0.1, 0.15) is 12.0 Å². The van der Waals surface area contributed by atoms with Crippen molar-refractivity contribution < 1.29 is 4.79 Å². The summed E-state index contributed by atoms with van der Waals surface area (Å²) in [7, 11) is 1.77. The third-order valence-corrected chi connectivity index (χ3v) is 3.20. The van der Waals surface area contributed by atoms with Gasteiger partial charge in [-0.15, -0.1) is 0 Å². The van der Waals surface area contributed by atoms with E-state index in [1.165, 1.54) is 0 Å². The summed E-state index contributed by atoms with van der Waals surface area (Å²) in [5, 5.41) is 12.5. The monoisotopic (exact) mass is 249 g/mol. The van der Waals surface area contributed by atoms with Crippen molar-refractivity contribution in [3.05, 3.63) is 28.8 Å². The summed E-state index contributed by atoms with van der Waals surface area (Å²) in [4.78, 5) is 13.4. The molecule has 0 aliphatic carbocycles. The molecule has 2 rings (SSSR count). The Morgan fingerprint density at radius 3 is 2.94 bits per heavy atom. The Morgan fingerprint density at radius 2 is 2.35 bits per heavy atom. The molecular weight excluding hydrogens is 238 g/mol. The van der Waals surface area contributed by atoms with Gasteiger partial charge in [-0.2, -0.15) is 5.26 Å². The molecule has 4 nitrogen and oxygen atoms in total. The maximum atomic E-state index is 11.7. The van der Waals surface area contributed by atoms with Crippen LogP contribution < -0.4 is 5.32 Å². The number of nitrogens with one attached hydrogen (secondary N) is 1. The number of rotatable bonds is 2. The summed E-state index contributed by atoms with van der Waals surface area (Å²) in [6.45, 7) is 0.735. The van der Waals surface area contributed by atoms with E-state index in [0.29, 0.717) is 16.3 Å². The third-order valence-electron chi connectivity index (χ3n) is 2.88. The van der Waals surface area contributed by atoms with Gasteiger partial charge in [0.1, 0.15) is 12.1 Å². The first kappa shape index (κ1) is 11.7. The average molecular weight is 250 g/mol. The summed E-state index contributed by atoms with van der Waals surface area (Å²) in [5.41, 5.74) is 1.00. The van der Waals surface area contributed by atoms with Crippen LogP contribution in [0.4, 0.5) is 5.69 Å². The van der Waals surface area contributed by atoms with Crippen LogP contribution in [0.15, 0.2) is 18.2 Å². The van der Waals surface area contributed by atoms with E-state index in [4.69, 9.17) is 16.9 Å². The van der Waals surface area contributed by atoms with E-state index in [-0.39, 0.29) is 11.9 Å². The number of benzene rings is 1. The van der Waals surface area contributed by atoms with Gasteiger partial charge in [-0.1, -0.05) is 17.7 Å². The molecule has 1 atom stereocenters. The maximum Gasteiger partial charge on any atom is 0.244 e. The van der Waals surface area contributed by atoms with Crippen LogP contribution in [0.5, 0.6) is 0 Å². The van der Waals surface area contributed by atoms with Crippen molar-refractivity contribution in [2.45, 2.75) is 12.5 Å². The van der Waals surface area contributed by atoms with Crippen LogP contribution in [0.3, 0.4) is 0 Å². The van der Waals surface area contributed by atoms with Crippen LogP contribution in [-0.4, -0.2) is 30.4 Å². The highest BCUT2D eigenvalue weighted by molar-refractivity contribution is 6.32. The zero-order valence-corrected chi connectivity index (χ0v) is 10.2. The largest absolute Gasteiger partial charge is 0.373 e. The molecule has 1 fully saturated rings. The number of amides is 1. The Bertz CT molecular complexity index is 495. The molecule has 1 N–H and O–H groups in total. The third kappa shape index (κ3) is 2.20. The molecule has 1 heterocycles. The average Bonchev–Trinajstić information content (AvgIpc) is 2.61. The molecule has 1 amide bonds. The van der Waals surface area contributed by atoms with E-state index >= 15 is 0 Å². The first-order valence-corrected chi connectivity index (χ1v) is 5.71. The predicted octanol–water partition coefficient (Wildman–Crippen LogP) is 1.85. The fraction of sp³-hybridized carbons (Fsp3) is 0.333. The Hall–Kier alpha value is -1.73. The van der Waals surface area contributed by atoms with Crippen molar-refractivity contribution in [2.24, 2.45) is 0 Å². The second kappa shape index (κ2) is 4.64. The zero-order chi connectivity index (χ0) is 12.4. The standard InChI is InChI=1S/C12H12ClN3O/c1-16-6-5-11(12(16)17)15-10-4-2-3-9(13)8(10)7-14/h2-4,11,15H,5-6H2,1H3. The van der Waals surface area contributed by atoms with Crippen molar-refractivity contribution >= 4 is 23.2 Å². The highest BCUT2D eigenvalue weighted by atomic mass is 35.5. The minimum Gasteiger partial charge on any atom is -0.373 e. The Morgan fingerprint density at radius 1 is 1.59 bits per heavy atom. The lowest BCUT2D eigenvalue weighted by Gasteiger charge is -2.14. The van der Waals surface area contributed by atoms with E-state index in [2.05, 4.69) is 5.32 Å². The summed E-state index contributed by atoms with van der Waals surface area (Å²) in [5.74, 6) is 0.0499. The number of carbonyl (C=O) groups is 1. The van der Waals surface area contributed by atoms with Gasteiger partial charge in [-0.3, -0.25) is 4.79 Å². The van der Waals surface area contributed by atoms with E-state index in [1.54, 1.807) is 30.1 Å². The fourth-order valence-corrected chi connectivity index (χ4v) is 2.12. The number of likely N-dealkylation sites (N-methyl/N-ethyl adjacent to an activating group) is 1. The number of likely N-dealkylation sites (tertiary alicyclic amines) is 1. The Kier molecular flexibility index (Phi) is 3.21. The number of carbonyl (C=O) groups excluding carboxylic acids is 1.